The second-order valence-corrected chi connectivity index (χ2v) is 4.72. The van der Waals surface area contributed by atoms with Gasteiger partial charge in [0.15, 0.2) is 0 Å². The fourth-order valence-corrected chi connectivity index (χ4v) is 1.48. The molecule has 0 heterocycles. The van der Waals surface area contributed by atoms with E-state index in [9.17, 15) is 9.59 Å². The molecule has 0 aliphatic heterocycles. The minimum absolute atomic E-state index is 0.211. The number of nitrogens with one attached hydrogen (secondary N) is 1. The summed E-state index contributed by atoms with van der Waals surface area (Å²) in [6.07, 6.45) is -0.468. The van der Waals surface area contributed by atoms with E-state index in [0.717, 1.165) is 5.56 Å². The van der Waals surface area contributed by atoms with E-state index in [-0.39, 0.29) is 18.9 Å². The smallest absolute Gasteiger partial charge is 0.407 e. The van der Waals surface area contributed by atoms with Crippen LogP contribution >= 0.6 is 0 Å². The van der Waals surface area contributed by atoms with E-state index < -0.39 is 18.1 Å². The van der Waals surface area contributed by atoms with Crippen molar-refractivity contribution in [3.63, 3.8) is 0 Å². The minimum atomic E-state index is -1.08. The number of ether oxygens (including phenoxy) is 1. The molecule has 0 saturated carbocycles. The van der Waals surface area contributed by atoms with Gasteiger partial charge in [0.05, 0.1) is 6.61 Å². The highest BCUT2D eigenvalue weighted by Gasteiger charge is 2.21. The van der Waals surface area contributed by atoms with Gasteiger partial charge in [-0.25, -0.2) is 9.59 Å². The number of carbonyl (C=O) groups is 2. The van der Waals surface area contributed by atoms with Gasteiger partial charge in [-0.3, -0.25) is 0 Å². The van der Waals surface area contributed by atoms with Crippen molar-refractivity contribution in [3.8, 4) is 0 Å². The molecule has 2 N–H and O–H groups in total. The van der Waals surface area contributed by atoms with Crippen LogP contribution in [0.4, 0.5) is 4.79 Å². The van der Waals surface area contributed by atoms with Gasteiger partial charge >= 0.3 is 12.1 Å². The predicted octanol–water partition coefficient (Wildman–Crippen LogP) is 2.06. The maximum absolute atomic E-state index is 11.5. The normalized spacial score (nSPS) is 11.9. The Morgan fingerprint density at radius 3 is 2.42 bits per heavy atom. The molecular weight excluding hydrogens is 246 g/mol. The monoisotopic (exact) mass is 265 g/mol. The Kier molecular flexibility index (Phi) is 5.85. The highest BCUT2D eigenvalue weighted by atomic mass is 16.5. The maximum Gasteiger partial charge on any atom is 0.407 e. The lowest BCUT2D eigenvalue weighted by Crippen LogP contribution is -2.42. The zero-order chi connectivity index (χ0) is 14.3. The summed E-state index contributed by atoms with van der Waals surface area (Å²) < 4.78 is 4.91. The standard InChI is InChI=1S/C14H19NO4/c1-10(2)9-19-14(18)15-12(13(16)17)8-11-6-4-3-5-7-11/h3-7,10,12H,8-9H2,1-2H3,(H,15,18)(H,16,17)/t12-/m0/s1. The number of rotatable bonds is 6. The lowest BCUT2D eigenvalue weighted by molar-refractivity contribution is -0.139. The largest absolute Gasteiger partial charge is 0.480 e. The van der Waals surface area contributed by atoms with E-state index in [1.807, 2.05) is 44.2 Å². The van der Waals surface area contributed by atoms with Crippen LogP contribution < -0.4 is 5.32 Å². The molecule has 1 atom stereocenters. The van der Waals surface area contributed by atoms with Gasteiger partial charge in [0.2, 0.25) is 0 Å². The van der Waals surface area contributed by atoms with Crippen LogP contribution in [0.1, 0.15) is 19.4 Å². The van der Waals surface area contributed by atoms with Crippen LogP contribution in [-0.4, -0.2) is 29.8 Å². The molecule has 0 spiro atoms. The van der Waals surface area contributed by atoms with Gasteiger partial charge in [0, 0.05) is 6.42 Å². The molecule has 0 fully saturated rings. The lowest BCUT2D eigenvalue weighted by Gasteiger charge is -2.15. The fraction of sp³-hybridized carbons (Fsp3) is 0.429. The molecule has 5 heteroatoms. The molecule has 1 aromatic rings. The first-order valence-electron chi connectivity index (χ1n) is 6.19. The number of hydrogen-bond donors (Lipinski definition) is 2. The molecule has 0 aliphatic carbocycles. The molecule has 0 bridgehead atoms. The first kappa shape index (κ1) is 15.0. The van der Waals surface area contributed by atoms with E-state index in [1.165, 1.54) is 0 Å². The van der Waals surface area contributed by atoms with Crippen LogP contribution in [0.3, 0.4) is 0 Å². The molecule has 5 nitrogen and oxygen atoms in total. The number of carboxylic acid groups (broad SMARTS) is 1. The third-order valence-corrected chi connectivity index (χ3v) is 2.42. The minimum Gasteiger partial charge on any atom is -0.480 e. The molecule has 1 rings (SSSR count). The first-order valence-corrected chi connectivity index (χ1v) is 6.19. The molecule has 19 heavy (non-hydrogen) atoms. The zero-order valence-corrected chi connectivity index (χ0v) is 11.1. The van der Waals surface area contributed by atoms with Crippen molar-refractivity contribution in [1.82, 2.24) is 5.32 Å². The van der Waals surface area contributed by atoms with Crippen LogP contribution in [-0.2, 0) is 16.0 Å². The lowest BCUT2D eigenvalue weighted by atomic mass is 10.1. The molecule has 0 unspecified atom stereocenters. The SMILES string of the molecule is CC(C)COC(=O)N[C@@H](Cc1ccccc1)C(=O)O. The first-order chi connectivity index (χ1) is 8.99. The van der Waals surface area contributed by atoms with E-state index in [1.54, 1.807) is 0 Å². The average Bonchev–Trinajstić information content (AvgIpc) is 2.36. The molecule has 0 aliphatic rings. The van der Waals surface area contributed by atoms with Crippen LogP contribution in [0.25, 0.3) is 0 Å². The van der Waals surface area contributed by atoms with Crippen molar-refractivity contribution >= 4 is 12.1 Å². The van der Waals surface area contributed by atoms with Crippen molar-refractivity contribution in [3.05, 3.63) is 35.9 Å². The summed E-state index contributed by atoms with van der Waals surface area (Å²) in [5.41, 5.74) is 0.846. The molecule has 0 radical (unpaired) electrons. The van der Waals surface area contributed by atoms with Crippen molar-refractivity contribution in [1.29, 1.82) is 0 Å². The van der Waals surface area contributed by atoms with E-state index in [0.29, 0.717) is 0 Å². The predicted molar refractivity (Wildman–Crippen MR) is 70.9 cm³/mol. The number of carboxylic acids is 1. The van der Waals surface area contributed by atoms with Gasteiger partial charge in [-0.05, 0) is 11.5 Å². The molecule has 0 saturated heterocycles. The number of aliphatic carboxylic acids is 1. The second-order valence-electron chi connectivity index (χ2n) is 4.72. The summed E-state index contributed by atoms with van der Waals surface area (Å²) in [6, 6.07) is 8.15. The molecule has 0 aromatic heterocycles. The Morgan fingerprint density at radius 2 is 1.89 bits per heavy atom. The van der Waals surface area contributed by atoms with E-state index >= 15 is 0 Å². The van der Waals surface area contributed by atoms with Crippen molar-refractivity contribution < 1.29 is 19.4 Å². The Balaban J connectivity index is 2.54. The molecular formula is C14H19NO4. The average molecular weight is 265 g/mol. The molecule has 1 amide bonds. The number of hydrogen-bond acceptors (Lipinski definition) is 3. The summed E-state index contributed by atoms with van der Waals surface area (Å²) in [6.45, 7) is 4.08. The quantitative estimate of drug-likeness (QED) is 0.825. The summed E-state index contributed by atoms with van der Waals surface area (Å²) in [7, 11) is 0. The van der Waals surface area contributed by atoms with Gasteiger partial charge in [-0.2, -0.15) is 0 Å². The maximum atomic E-state index is 11.5. The van der Waals surface area contributed by atoms with Crippen molar-refractivity contribution in [2.24, 2.45) is 5.92 Å². The Morgan fingerprint density at radius 1 is 1.26 bits per heavy atom. The number of carbonyl (C=O) groups excluding carboxylic acids is 1. The Bertz CT molecular complexity index is 417. The van der Waals surface area contributed by atoms with Crippen LogP contribution in [0.15, 0.2) is 30.3 Å². The number of benzene rings is 1. The van der Waals surface area contributed by atoms with Crippen molar-refractivity contribution in [2.45, 2.75) is 26.3 Å². The number of amides is 1. The summed E-state index contributed by atoms with van der Waals surface area (Å²) >= 11 is 0. The Hall–Kier alpha value is -2.04. The molecule has 104 valence electrons. The van der Waals surface area contributed by atoms with Gasteiger partial charge in [-0.1, -0.05) is 44.2 Å². The third kappa shape index (κ3) is 5.90. The van der Waals surface area contributed by atoms with E-state index in [4.69, 9.17) is 9.84 Å². The van der Waals surface area contributed by atoms with Crippen molar-refractivity contribution in [2.75, 3.05) is 6.61 Å². The highest BCUT2D eigenvalue weighted by molar-refractivity contribution is 5.80. The topological polar surface area (TPSA) is 75.6 Å². The highest BCUT2D eigenvalue weighted by Crippen LogP contribution is 2.04. The summed E-state index contributed by atoms with van der Waals surface area (Å²) in [5.74, 6) is -0.867. The van der Waals surface area contributed by atoms with Crippen LogP contribution in [0, 0.1) is 5.92 Å². The molecule has 1 aromatic carbocycles. The van der Waals surface area contributed by atoms with Crippen LogP contribution in [0.5, 0.6) is 0 Å². The summed E-state index contributed by atoms with van der Waals surface area (Å²) in [4.78, 5) is 22.6. The summed E-state index contributed by atoms with van der Waals surface area (Å²) in [5, 5.41) is 11.5. The fourth-order valence-electron chi connectivity index (χ4n) is 1.48. The third-order valence-electron chi connectivity index (χ3n) is 2.42. The van der Waals surface area contributed by atoms with Crippen LogP contribution in [0.2, 0.25) is 0 Å². The van der Waals surface area contributed by atoms with Gasteiger partial charge in [0.25, 0.3) is 0 Å². The Labute approximate surface area is 112 Å². The second kappa shape index (κ2) is 7.41. The van der Waals surface area contributed by atoms with Gasteiger partial charge in [-0.15, -0.1) is 0 Å². The van der Waals surface area contributed by atoms with Gasteiger partial charge < -0.3 is 15.2 Å². The van der Waals surface area contributed by atoms with Gasteiger partial charge in [0.1, 0.15) is 6.04 Å². The van der Waals surface area contributed by atoms with E-state index in [2.05, 4.69) is 5.32 Å². The zero-order valence-electron chi connectivity index (χ0n) is 11.1. The number of alkyl carbamates (subject to hydrolysis) is 1.